The highest BCUT2D eigenvalue weighted by atomic mass is 35.5. The van der Waals surface area contributed by atoms with Gasteiger partial charge in [-0.25, -0.2) is 4.31 Å². The predicted octanol–water partition coefficient (Wildman–Crippen LogP) is 6.54. The van der Waals surface area contributed by atoms with Gasteiger partial charge in [0.25, 0.3) is 0 Å². The molecule has 0 radical (unpaired) electrons. The number of halogens is 2. The van der Waals surface area contributed by atoms with Crippen LogP contribution in [0.3, 0.4) is 0 Å². The van der Waals surface area contributed by atoms with Crippen molar-refractivity contribution in [3.63, 3.8) is 0 Å². The lowest BCUT2D eigenvalue weighted by Crippen LogP contribution is -2.46. The van der Waals surface area contributed by atoms with Gasteiger partial charge >= 0.3 is 0 Å². The molecule has 6 heteroatoms. The van der Waals surface area contributed by atoms with Crippen molar-refractivity contribution in [3.8, 4) is 0 Å². The largest absolute Gasteiger partial charge is 0.369 e. The number of aryl methyl sites for hydroxylation is 1. The Bertz CT molecular complexity index is 847. The minimum absolute atomic E-state index is 0.401. The maximum Gasteiger partial charge on any atom is 0.0455 e. The molecule has 162 valence electrons. The van der Waals surface area contributed by atoms with Crippen molar-refractivity contribution in [2.45, 2.75) is 43.5 Å². The molecule has 1 atom stereocenters. The third-order valence-corrected chi connectivity index (χ3v) is 7.64. The number of hydrogen-bond donors (Lipinski definition) is 0. The molecule has 0 bridgehead atoms. The van der Waals surface area contributed by atoms with Crippen LogP contribution in [0.25, 0.3) is 0 Å². The second-order valence-electron chi connectivity index (χ2n) is 8.36. The monoisotopic (exact) mass is 463 g/mol. The average Bonchev–Trinajstić information content (AvgIpc) is 2.73. The number of hydrogen-bond acceptors (Lipinski definition) is 4. The highest BCUT2D eigenvalue weighted by molar-refractivity contribution is 7.97. The number of piperazine rings is 1. The summed E-state index contributed by atoms with van der Waals surface area (Å²) in [4.78, 5) is 6.23. The number of nitrogens with zero attached hydrogens (tertiary/aromatic N) is 3. The van der Waals surface area contributed by atoms with Gasteiger partial charge in [-0.05, 0) is 92.7 Å². The fourth-order valence-corrected chi connectivity index (χ4v) is 6.39. The highest BCUT2D eigenvalue weighted by Gasteiger charge is 2.26. The van der Waals surface area contributed by atoms with Crippen molar-refractivity contribution >= 4 is 40.8 Å². The van der Waals surface area contributed by atoms with Crippen LogP contribution in [0.1, 0.15) is 43.4 Å². The van der Waals surface area contributed by atoms with E-state index in [1.54, 1.807) is 18.0 Å². The van der Waals surface area contributed by atoms with Crippen LogP contribution >= 0.6 is 35.1 Å². The van der Waals surface area contributed by atoms with Crippen molar-refractivity contribution in [1.29, 1.82) is 0 Å². The molecule has 1 aliphatic heterocycles. The minimum Gasteiger partial charge on any atom is -0.369 e. The van der Waals surface area contributed by atoms with Gasteiger partial charge in [-0.15, -0.1) is 0 Å². The molecule has 0 spiro atoms. The maximum atomic E-state index is 6.21. The van der Waals surface area contributed by atoms with E-state index in [9.17, 15) is 0 Å². The number of benzene rings is 2. The fraction of sp³-hybridized carbons (Fsp3) is 0.500. The van der Waals surface area contributed by atoms with Crippen molar-refractivity contribution < 1.29 is 0 Å². The van der Waals surface area contributed by atoms with E-state index >= 15 is 0 Å². The molecule has 3 nitrogen and oxygen atoms in total. The topological polar surface area (TPSA) is 9.72 Å². The quantitative estimate of drug-likeness (QED) is 0.449. The Morgan fingerprint density at radius 3 is 2.47 bits per heavy atom. The summed E-state index contributed by atoms with van der Waals surface area (Å²) in [5, 5.41) is 1.37. The van der Waals surface area contributed by atoms with Crippen molar-refractivity contribution in [2.24, 2.45) is 0 Å². The van der Waals surface area contributed by atoms with E-state index < -0.39 is 0 Å². The molecule has 1 fully saturated rings. The first-order valence-electron chi connectivity index (χ1n) is 11.0. The van der Waals surface area contributed by atoms with Gasteiger partial charge in [-0.1, -0.05) is 36.2 Å². The van der Waals surface area contributed by atoms with Crippen LogP contribution in [-0.4, -0.2) is 49.0 Å². The van der Waals surface area contributed by atoms with Gasteiger partial charge in [0.05, 0.1) is 0 Å². The zero-order valence-electron chi connectivity index (χ0n) is 17.9. The molecule has 2 aromatic rings. The zero-order chi connectivity index (χ0) is 21.1. The van der Waals surface area contributed by atoms with Gasteiger partial charge in [0.2, 0.25) is 0 Å². The molecule has 2 aromatic carbocycles. The third kappa shape index (κ3) is 5.28. The lowest BCUT2D eigenvalue weighted by molar-refractivity contribution is 0.258. The molecular formula is C24H31Cl2N3S. The van der Waals surface area contributed by atoms with Crippen molar-refractivity contribution in [1.82, 2.24) is 9.21 Å². The molecule has 0 saturated carbocycles. The molecule has 1 saturated heterocycles. The molecule has 2 aliphatic rings. The first-order chi connectivity index (χ1) is 14.5. The molecule has 4 rings (SSSR count). The third-order valence-electron chi connectivity index (χ3n) is 6.21. The SMILES string of the molecule is CCCN1CCN(c2ccc3c(c2)C(N(C)Sc2cc(Cl)cc(Cl)c2)CCC3)CC1. The van der Waals surface area contributed by atoms with Gasteiger partial charge in [0, 0.05) is 52.8 Å². The Kier molecular flexibility index (Phi) is 7.53. The first kappa shape index (κ1) is 22.3. The molecule has 30 heavy (non-hydrogen) atoms. The van der Waals surface area contributed by atoms with E-state index in [4.69, 9.17) is 23.2 Å². The Morgan fingerprint density at radius 1 is 1.03 bits per heavy atom. The first-order valence-corrected chi connectivity index (χ1v) is 12.5. The maximum absolute atomic E-state index is 6.21. The zero-order valence-corrected chi connectivity index (χ0v) is 20.2. The van der Waals surface area contributed by atoms with Crippen molar-refractivity contribution in [3.05, 3.63) is 57.6 Å². The molecule has 0 amide bonds. The number of fused-ring (bicyclic) bond motifs is 1. The van der Waals surface area contributed by atoms with Crippen LogP contribution in [0, 0.1) is 0 Å². The highest BCUT2D eigenvalue weighted by Crippen LogP contribution is 2.41. The average molecular weight is 465 g/mol. The lowest BCUT2D eigenvalue weighted by Gasteiger charge is -2.37. The Hall–Kier alpha value is -0.910. The molecule has 1 unspecified atom stereocenters. The summed E-state index contributed by atoms with van der Waals surface area (Å²) in [5.74, 6) is 0. The van der Waals surface area contributed by atoms with Gasteiger partial charge in [-0.3, -0.25) is 4.90 Å². The minimum atomic E-state index is 0.401. The van der Waals surface area contributed by atoms with Gasteiger partial charge in [0.15, 0.2) is 0 Å². The van der Waals surface area contributed by atoms with Crippen molar-refractivity contribution in [2.75, 3.05) is 44.7 Å². The van der Waals surface area contributed by atoms with Crippen LogP contribution in [0.15, 0.2) is 41.3 Å². The second-order valence-corrected chi connectivity index (χ2v) is 10.5. The summed E-state index contributed by atoms with van der Waals surface area (Å²) in [6.07, 6.45) is 4.83. The summed E-state index contributed by atoms with van der Waals surface area (Å²) in [7, 11) is 2.19. The summed E-state index contributed by atoms with van der Waals surface area (Å²) in [5.41, 5.74) is 4.36. The van der Waals surface area contributed by atoms with Gasteiger partial charge in [0.1, 0.15) is 0 Å². The Labute approximate surface area is 195 Å². The fourth-order valence-electron chi connectivity index (χ4n) is 4.69. The number of rotatable bonds is 6. The second kappa shape index (κ2) is 10.1. The van der Waals surface area contributed by atoms with E-state index in [1.165, 1.54) is 62.1 Å². The summed E-state index contributed by atoms with van der Waals surface area (Å²) >= 11 is 14.2. The molecule has 0 aromatic heterocycles. The van der Waals surface area contributed by atoms with Crippen LogP contribution < -0.4 is 4.90 Å². The summed E-state index contributed by atoms with van der Waals surface area (Å²) in [6.45, 7) is 8.06. The number of anilines is 1. The van der Waals surface area contributed by atoms with Gasteiger partial charge in [-0.2, -0.15) is 0 Å². The van der Waals surface area contributed by atoms with E-state index in [-0.39, 0.29) is 0 Å². The standard InChI is InChI=1S/C24H31Cl2N3S/c1-3-9-28-10-12-29(13-11-28)21-8-7-18-5-4-6-24(23(18)17-21)27(2)30-22-15-19(25)14-20(26)16-22/h7-8,14-17,24H,3-6,9-13H2,1-2H3. The Morgan fingerprint density at radius 2 is 1.77 bits per heavy atom. The lowest BCUT2D eigenvalue weighted by atomic mass is 9.87. The van der Waals surface area contributed by atoms with Crippen LogP contribution in [-0.2, 0) is 6.42 Å². The molecule has 0 N–H and O–H groups in total. The van der Waals surface area contributed by atoms with Gasteiger partial charge < -0.3 is 4.90 Å². The van der Waals surface area contributed by atoms with E-state index in [2.05, 4.69) is 46.3 Å². The molecule has 1 aliphatic carbocycles. The van der Waals surface area contributed by atoms with Crippen LogP contribution in [0.4, 0.5) is 5.69 Å². The molecular weight excluding hydrogens is 433 g/mol. The van der Waals surface area contributed by atoms with Crippen LogP contribution in [0.2, 0.25) is 10.0 Å². The van der Waals surface area contributed by atoms with E-state index in [0.29, 0.717) is 16.1 Å². The normalized spacial score (nSPS) is 19.9. The van der Waals surface area contributed by atoms with Crippen LogP contribution in [0.5, 0.6) is 0 Å². The van der Waals surface area contributed by atoms with E-state index in [1.807, 2.05) is 12.1 Å². The molecule has 1 heterocycles. The smallest absolute Gasteiger partial charge is 0.0455 e. The predicted molar refractivity (Wildman–Crippen MR) is 131 cm³/mol. The Balaban J connectivity index is 1.50. The summed E-state index contributed by atoms with van der Waals surface area (Å²) in [6, 6.07) is 13.3. The van der Waals surface area contributed by atoms with E-state index in [0.717, 1.165) is 18.0 Å². The summed E-state index contributed by atoms with van der Waals surface area (Å²) < 4.78 is 2.38.